The summed E-state index contributed by atoms with van der Waals surface area (Å²) in [6.45, 7) is 3.45. The van der Waals surface area contributed by atoms with Crippen molar-refractivity contribution in [2.75, 3.05) is 13.7 Å². The molecule has 0 radical (unpaired) electrons. The van der Waals surface area contributed by atoms with E-state index in [4.69, 9.17) is 10.00 Å². The van der Waals surface area contributed by atoms with Crippen LogP contribution in [0.1, 0.15) is 19.4 Å². The SMILES string of the molecule is COc1ccc2cc([C@]3(C)NC(=O)N(C[C@H](C)C#N)C3=O)ccc2c1. The highest BCUT2D eigenvalue weighted by molar-refractivity contribution is 6.07. The summed E-state index contributed by atoms with van der Waals surface area (Å²) in [5.74, 6) is 0.00181. The lowest BCUT2D eigenvalue weighted by molar-refractivity contribution is -0.131. The fourth-order valence-electron chi connectivity index (χ4n) is 3.03. The fraction of sp³-hybridized carbons (Fsp3) is 0.316. The minimum Gasteiger partial charge on any atom is -0.497 e. The molecule has 1 aliphatic heterocycles. The van der Waals surface area contributed by atoms with E-state index in [1.54, 1.807) is 21.0 Å². The van der Waals surface area contributed by atoms with Crippen LogP contribution in [0.4, 0.5) is 4.79 Å². The van der Waals surface area contributed by atoms with E-state index in [9.17, 15) is 9.59 Å². The van der Waals surface area contributed by atoms with E-state index in [2.05, 4.69) is 5.32 Å². The number of methoxy groups -OCH3 is 1. The Morgan fingerprint density at radius 2 is 1.92 bits per heavy atom. The van der Waals surface area contributed by atoms with Gasteiger partial charge in [-0.2, -0.15) is 5.26 Å². The lowest BCUT2D eigenvalue weighted by Gasteiger charge is -2.23. The number of hydrogen-bond acceptors (Lipinski definition) is 4. The molecule has 1 heterocycles. The number of benzene rings is 2. The second-order valence-corrected chi connectivity index (χ2v) is 6.43. The molecule has 1 fully saturated rings. The number of nitrogens with zero attached hydrogens (tertiary/aromatic N) is 2. The molecule has 128 valence electrons. The normalized spacial score (nSPS) is 21.1. The van der Waals surface area contributed by atoms with Crippen molar-refractivity contribution in [1.82, 2.24) is 10.2 Å². The zero-order valence-electron chi connectivity index (χ0n) is 14.4. The summed E-state index contributed by atoms with van der Waals surface area (Å²) >= 11 is 0. The number of carbonyl (C=O) groups is 2. The first-order valence-corrected chi connectivity index (χ1v) is 8.01. The summed E-state index contributed by atoms with van der Waals surface area (Å²) in [5, 5.41) is 13.6. The molecule has 1 N–H and O–H groups in total. The Morgan fingerprint density at radius 3 is 2.60 bits per heavy atom. The molecule has 2 aromatic carbocycles. The maximum atomic E-state index is 12.8. The largest absolute Gasteiger partial charge is 0.497 e. The molecule has 2 atom stereocenters. The maximum Gasteiger partial charge on any atom is 0.325 e. The van der Waals surface area contributed by atoms with E-state index in [-0.39, 0.29) is 12.5 Å². The van der Waals surface area contributed by atoms with Gasteiger partial charge in [0.25, 0.3) is 5.91 Å². The summed E-state index contributed by atoms with van der Waals surface area (Å²) in [4.78, 5) is 26.2. The molecule has 0 spiro atoms. The van der Waals surface area contributed by atoms with Crippen molar-refractivity contribution < 1.29 is 14.3 Å². The van der Waals surface area contributed by atoms with Gasteiger partial charge in [0.05, 0.1) is 19.1 Å². The molecule has 3 amide bonds. The van der Waals surface area contributed by atoms with Crippen LogP contribution in [-0.4, -0.2) is 30.5 Å². The van der Waals surface area contributed by atoms with Gasteiger partial charge in [0.1, 0.15) is 11.3 Å². The molecule has 0 saturated carbocycles. The Labute approximate surface area is 146 Å². The predicted octanol–water partition coefficient (Wildman–Crippen LogP) is 2.78. The third-order valence-corrected chi connectivity index (χ3v) is 4.58. The highest BCUT2D eigenvalue weighted by Crippen LogP contribution is 2.32. The number of rotatable bonds is 4. The number of nitrogens with one attached hydrogen (secondary N) is 1. The number of imide groups is 1. The zero-order chi connectivity index (χ0) is 18.2. The van der Waals surface area contributed by atoms with Crippen molar-refractivity contribution >= 4 is 22.7 Å². The van der Waals surface area contributed by atoms with Crippen LogP contribution in [0.25, 0.3) is 10.8 Å². The van der Waals surface area contributed by atoms with Gasteiger partial charge in [0, 0.05) is 6.54 Å². The van der Waals surface area contributed by atoms with Gasteiger partial charge in [-0.25, -0.2) is 4.79 Å². The smallest absolute Gasteiger partial charge is 0.325 e. The van der Waals surface area contributed by atoms with Crippen LogP contribution in [0, 0.1) is 17.2 Å². The van der Waals surface area contributed by atoms with Crippen molar-refractivity contribution in [2.45, 2.75) is 19.4 Å². The Bertz CT molecular complexity index is 902. The molecule has 0 unspecified atom stereocenters. The molecular formula is C19H19N3O3. The van der Waals surface area contributed by atoms with Crippen LogP contribution < -0.4 is 10.1 Å². The summed E-state index contributed by atoms with van der Waals surface area (Å²) in [6.07, 6.45) is 0. The molecule has 1 aliphatic rings. The van der Waals surface area contributed by atoms with Gasteiger partial charge in [-0.3, -0.25) is 9.69 Å². The molecule has 3 rings (SSSR count). The first kappa shape index (κ1) is 16.8. The van der Waals surface area contributed by atoms with Crippen molar-refractivity contribution in [1.29, 1.82) is 5.26 Å². The number of ether oxygens (including phenoxy) is 1. The van der Waals surface area contributed by atoms with Gasteiger partial charge in [-0.05, 0) is 48.4 Å². The van der Waals surface area contributed by atoms with Gasteiger partial charge >= 0.3 is 6.03 Å². The monoisotopic (exact) mass is 337 g/mol. The van der Waals surface area contributed by atoms with Gasteiger partial charge in [0.2, 0.25) is 0 Å². The minimum atomic E-state index is -1.14. The lowest BCUT2D eigenvalue weighted by atomic mass is 9.90. The average Bonchev–Trinajstić information content (AvgIpc) is 2.84. The van der Waals surface area contributed by atoms with Crippen molar-refractivity contribution in [3.05, 3.63) is 42.0 Å². The van der Waals surface area contributed by atoms with E-state index in [1.807, 2.05) is 42.5 Å². The van der Waals surface area contributed by atoms with Gasteiger partial charge < -0.3 is 10.1 Å². The lowest BCUT2D eigenvalue weighted by Crippen LogP contribution is -2.41. The highest BCUT2D eigenvalue weighted by atomic mass is 16.5. The van der Waals surface area contributed by atoms with Crippen LogP contribution in [0.3, 0.4) is 0 Å². The Balaban J connectivity index is 1.97. The fourth-order valence-corrected chi connectivity index (χ4v) is 3.03. The minimum absolute atomic E-state index is 0.0849. The van der Waals surface area contributed by atoms with Crippen molar-refractivity contribution in [3.8, 4) is 11.8 Å². The molecule has 6 heteroatoms. The van der Waals surface area contributed by atoms with Crippen LogP contribution in [0.2, 0.25) is 0 Å². The van der Waals surface area contributed by atoms with E-state index in [0.29, 0.717) is 5.56 Å². The summed E-state index contributed by atoms with van der Waals surface area (Å²) < 4.78 is 5.22. The highest BCUT2D eigenvalue weighted by Gasteiger charge is 2.49. The molecular weight excluding hydrogens is 318 g/mol. The Hall–Kier alpha value is -3.07. The first-order chi connectivity index (χ1) is 11.9. The number of carbonyl (C=O) groups excluding carboxylic acids is 2. The average molecular weight is 337 g/mol. The van der Waals surface area contributed by atoms with Crippen LogP contribution >= 0.6 is 0 Å². The summed E-state index contributed by atoms with van der Waals surface area (Å²) in [6, 6.07) is 12.9. The molecule has 0 aliphatic carbocycles. The van der Waals surface area contributed by atoms with Crippen LogP contribution in [0.15, 0.2) is 36.4 Å². The number of amides is 3. The van der Waals surface area contributed by atoms with Crippen molar-refractivity contribution in [2.24, 2.45) is 5.92 Å². The van der Waals surface area contributed by atoms with Gasteiger partial charge in [-0.15, -0.1) is 0 Å². The van der Waals surface area contributed by atoms with Crippen molar-refractivity contribution in [3.63, 3.8) is 0 Å². The Morgan fingerprint density at radius 1 is 1.24 bits per heavy atom. The van der Waals surface area contributed by atoms with E-state index in [1.165, 1.54) is 0 Å². The van der Waals surface area contributed by atoms with Gasteiger partial charge in [-0.1, -0.05) is 18.2 Å². The zero-order valence-corrected chi connectivity index (χ0v) is 14.4. The third-order valence-electron chi connectivity index (χ3n) is 4.58. The second kappa shape index (κ2) is 6.10. The quantitative estimate of drug-likeness (QED) is 0.870. The third kappa shape index (κ3) is 2.78. The number of urea groups is 1. The van der Waals surface area contributed by atoms with Crippen LogP contribution in [-0.2, 0) is 10.3 Å². The molecule has 25 heavy (non-hydrogen) atoms. The second-order valence-electron chi connectivity index (χ2n) is 6.43. The topological polar surface area (TPSA) is 82.4 Å². The predicted molar refractivity (Wildman–Crippen MR) is 92.9 cm³/mol. The van der Waals surface area contributed by atoms with Gasteiger partial charge in [0.15, 0.2) is 0 Å². The molecule has 0 aromatic heterocycles. The standard InChI is InChI=1S/C19H19N3O3/c1-12(10-20)11-22-17(23)19(2,21-18(22)24)15-6-4-14-9-16(25-3)7-5-13(14)8-15/h4-9,12H,11H2,1-3H3,(H,21,24)/t12-,19+/m1/s1. The van der Waals surface area contributed by atoms with E-state index in [0.717, 1.165) is 21.4 Å². The number of hydrogen-bond donors (Lipinski definition) is 1. The van der Waals surface area contributed by atoms with Crippen LogP contribution in [0.5, 0.6) is 5.75 Å². The molecule has 2 aromatic rings. The molecule has 6 nitrogen and oxygen atoms in total. The summed E-state index contributed by atoms with van der Waals surface area (Å²) in [5.41, 5.74) is -0.434. The van der Waals surface area contributed by atoms with E-state index < -0.39 is 17.5 Å². The summed E-state index contributed by atoms with van der Waals surface area (Å²) in [7, 11) is 1.61. The number of fused-ring (bicyclic) bond motifs is 1. The number of nitriles is 1. The first-order valence-electron chi connectivity index (χ1n) is 8.01. The van der Waals surface area contributed by atoms with E-state index >= 15 is 0 Å². The molecule has 1 saturated heterocycles. The Kier molecular flexibility index (Phi) is 4.09. The molecule has 0 bridgehead atoms. The maximum absolute atomic E-state index is 12.8.